The summed E-state index contributed by atoms with van der Waals surface area (Å²) in [5.41, 5.74) is 3.56. The van der Waals surface area contributed by atoms with Crippen molar-refractivity contribution in [1.29, 1.82) is 0 Å². The zero-order valence-corrected chi connectivity index (χ0v) is 19.8. The van der Waals surface area contributed by atoms with Gasteiger partial charge in [0, 0.05) is 29.2 Å². The number of ketones is 1. The zero-order chi connectivity index (χ0) is 21.4. The Balaban J connectivity index is 1.32. The van der Waals surface area contributed by atoms with E-state index in [0.29, 0.717) is 41.0 Å². The third-order valence-corrected chi connectivity index (χ3v) is 11.7. The molecule has 6 rings (SSSR count). The van der Waals surface area contributed by atoms with Crippen molar-refractivity contribution in [3.8, 4) is 0 Å². The Morgan fingerprint density at radius 3 is 2.77 bits per heavy atom. The lowest BCUT2D eigenvalue weighted by Gasteiger charge is -2.58. The largest absolute Gasteiger partial charge is 0.396 e. The van der Waals surface area contributed by atoms with Gasteiger partial charge in [0.25, 0.3) is 0 Å². The van der Waals surface area contributed by atoms with Crippen molar-refractivity contribution in [2.45, 2.75) is 63.7 Å². The molecule has 0 aromatic heterocycles. The maximum atomic E-state index is 13.0. The Kier molecular flexibility index (Phi) is 4.78. The Hall–Kier alpha value is -1.06. The summed E-state index contributed by atoms with van der Waals surface area (Å²) in [5, 5.41) is 10.1. The lowest BCUT2D eigenvalue weighted by atomic mass is 9.46. The monoisotopic (exact) mass is 436 g/mol. The molecule has 1 spiro atoms. The van der Waals surface area contributed by atoms with Gasteiger partial charge >= 0.3 is 0 Å². The quantitative estimate of drug-likeness (QED) is 0.576. The molecule has 5 aliphatic carbocycles. The second-order valence-corrected chi connectivity index (χ2v) is 12.6. The van der Waals surface area contributed by atoms with E-state index in [1.54, 1.807) is 5.57 Å². The minimum Gasteiger partial charge on any atom is -0.396 e. The number of thioether (sulfide) groups is 1. The Morgan fingerprint density at radius 1 is 1.19 bits per heavy atom. The molecule has 166 valence electrons. The van der Waals surface area contributed by atoms with Crippen LogP contribution in [0.3, 0.4) is 0 Å². The number of fused-ring (bicyclic) bond motifs is 3. The number of hydrogen-bond acceptors (Lipinski definition) is 3. The van der Waals surface area contributed by atoms with E-state index >= 15 is 0 Å². The third-order valence-electron chi connectivity index (χ3n) is 10.6. The summed E-state index contributed by atoms with van der Waals surface area (Å²) in [6.45, 7) is 5.40. The van der Waals surface area contributed by atoms with Crippen molar-refractivity contribution >= 4 is 17.5 Å². The molecular formula is C28H36O2S. The molecule has 0 heterocycles. The third kappa shape index (κ3) is 2.78. The number of rotatable bonds is 4. The molecule has 1 aromatic rings. The molecule has 3 unspecified atom stereocenters. The summed E-state index contributed by atoms with van der Waals surface area (Å²) in [4.78, 5) is 14.3. The van der Waals surface area contributed by atoms with Crippen LogP contribution in [-0.2, 0) is 4.79 Å². The summed E-state index contributed by atoms with van der Waals surface area (Å²) in [7, 11) is 0. The zero-order valence-electron chi connectivity index (χ0n) is 19.0. The van der Waals surface area contributed by atoms with Crippen molar-refractivity contribution in [2.24, 2.45) is 46.3 Å². The van der Waals surface area contributed by atoms with Crippen LogP contribution in [0.1, 0.15) is 58.8 Å². The van der Waals surface area contributed by atoms with Crippen LogP contribution in [0, 0.1) is 46.3 Å². The average molecular weight is 437 g/mol. The molecule has 4 fully saturated rings. The van der Waals surface area contributed by atoms with E-state index in [-0.39, 0.29) is 0 Å². The predicted octanol–water partition coefficient (Wildman–Crippen LogP) is 6.15. The van der Waals surface area contributed by atoms with Gasteiger partial charge in [0.05, 0.1) is 0 Å². The number of carbonyl (C=O) groups excluding carboxylic acids is 1. The second-order valence-electron chi connectivity index (χ2n) is 11.6. The number of Topliss-reactive ketones (excluding diaryl/α,β-unsaturated/α-hetero) is 1. The van der Waals surface area contributed by atoms with Crippen molar-refractivity contribution < 1.29 is 9.90 Å². The van der Waals surface area contributed by atoms with Gasteiger partial charge in [-0.15, -0.1) is 11.8 Å². The molecule has 0 aliphatic heterocycles. The van der Waals surface area contributed by atoms with Crippen LogP contribution in [0.2, 0.25) is 0 Å². The van der Waals surface area contributed by atoms with Crippen molar-refractivity contribution in [3.63, 3.8) is 0 Å². The molecule has 0 bridgehead atoms. The van der Waals surface area contributed by atoms with Crippen LogP contribution < -0.4 is 0 Å². The van der Waals surface area contributed by atoms with Gasteiger partial charge in [-0.25, -0.2) is 0 Å². The molecule has 2 nitrogen and oxygen atoms in total. The molecule has 0 radical (unpaired) electrons. The van der Waals surface area contributed by atoms with Gasteiger partial charge in [-0.3, -0.25) is 4.79 Å². The molecule has 4 saturated carbocycles. The van der Waals surface area contributed by atoms with E-state index in [2.05, 4.69) is 44.2 Å². The number of hydrogen-bond donors (Lipinski definition) is 1. The number of carbonyl (C=O) groups is 1. The van der Waals surface area contributed by atoms with E-state index < -0.39 is 0 Å². The molecule has 1 N–H and O–H groups in total. The van der Waals surface area contributed by atoms with Gasteiger partial charge in [0.15, 0.2) is 5.78 Å². The highest BCUT2D eigenvalue weighted by Gasteiger charge is 2.77. The first kappa shape index (κ1) is 20.5. The molecule has 31 heavy (non-hydrogen) atoms. The van der Waals surface area contributed by atoms with Gasteiger partial charge in [-0.1, -0.05) is 37.6 Å². The predicted molar refractivity (Wildman–Crippen MR) is 126 cm³/mol. The normalized spacial score (nSPS) is 45.6. The topological polar surface area (TPSA) is 37.3 Å². The van der Waals surface area contributed by atoms with Gasteiger partial charge in [-0.2, -0.15) is 0 Å². The number of allylic oxidation sites excluding steroid dienone is 1. The highest BCUT2D eigenvalue weighted by molar-refractivity contribution is 7.99. The number of aliphatic hydroxyl groups is 1. The first-order valence-electron chi connectivity index (χ1n) is 12.5. The average Bonchev–Trinajstić information content (AvgIpc) is 3.43. The highest BCUT2D eigenvalue weighted by Crippen LogP contribution is 2.83. The molecule has 3 heteroatoms. The van der Waals surface area contributed by atoms with E-state index in [0.717, 1.165) is 42.8 Å². The van der Waals surface area contributed by atoms with Crippen molar-refractivity contribution in [3.05, 3.63) is 41.5 Å². The maximum absolute atomic E-state index is 13.0. The number of aliphatic hydroxyl groups excluding tert-OH is 1. The lowest BCUT2D eigenvalue weighted by molar-refractivity contribution is -0.118. The molecule has 8 atom stereocenters. The van der Waals surface area contributed by atoms with Crippen LogP contribution in [0.5, 0.6) is 0 Å². The van der Waals surface area contributed by atoms with E-state index in [4.69, 9.17) is 0 Å². The molecular weight excluding hydrogens is 400 g/mol. The first-order chi connectivity index (χ1) is 15.0. The van der Waals surface area contributed by atoms with Crippen LogP contribution >= 0.6 is 11.8 Å². The molecule has 0 saturated heterocycles. The second kappa shape index (κ2) is 7.22. The maximum Gasteiger partial charge on any atom is 0.159 e. The molecule has 5 aliphatic rings. The van der Waals surface area contributed by atoms with Gasteiger partial charge < -0.3 is 5.11 Å². The highest BCUT2D eigenvalue weighted by atomic mass is 32.2. The molecule has 1 aromatic carbocycles. The number of benzene rings is 1. The summed E-state index contributed by atoms with van der Waals surface area (Å²) in [6.07, 6.45) is 8.23. The summed E-state index contributed by atoms with van der Waals surface area (Å²) >= 11 is 1.84. The molecule has 0 amide bonds. The van der Waals surface area contributed by atoms with Crippen LogP contribution in [0.15, 0.2) is 46.4 Å². The van der Waals surface area contributed by atoms with E-state index in [1.807, 2.05) is 11.8 Å². The van der Waals surface area contributed by atoms with E-state index in [1.165, 1.54) is 36.2 Å². The fourth-order valence-electron chi connectivity index (χ4n) is 9.32. The minimum atomic E-state index is 0.347. The van der Waals surface area contributed by atoms with Crippen LogP contribution in [0.4, 0.5) is 0 Å². The van der Waals surface area contributed by atoms with Gasteiger partial charge in [0.2, 0.25) is 0 Å². The van der Waals surface area contributed by atoms with E-state index in [9.17, 15) is 9.90 Å². The fraction of sp³-hybridized carbons (Fsp3) is 0.679. The first-order valence-corrected chi connectivity index (χ1v) is 13.5. The van der Waals surface area contributed by atoms with Crippen molar-refractivity contribution in [1.82, 2.24) is 0 Å². The Morgan fingerprint density at radius 2 is 2.00 bits per heavy atom. The fourth-order valence-corrected chi connectivity index (χ4v) is 10.3. The minimum absolute atomic E-state index is 0.347. The Labute approximate surface area is 191 Å². The van der Waals surface area contributed by atoms with Gasteiger partial charge in [-0.05, 0) is 97.0 Å². The van der Waals surface area contributed by atoms with Gasteiger partial charge in [0.1, 0.15) is 0 Å². The standard InChI is InChI=1S/C28H36O2S/c1-17-12-23-21(8-9-25(30)24(23)16-31-20-6-4-3-5-7-20)22-10-11-27(2)19(15-29)13-18-14-28(18,27)26(17)22/h3-7,17-19,21-22,26,29H,8-16H2,1-2H3/t17?,18?,19?,21-,22-,26-,27-,28+/m1/s1. The van der Waals surface area contributed by atoms with Crippen molar-refractivity contribution in [2.75, 3.05) is 12.4 Å². The SMILES string of the molecule is CC1CC2=C(CSc3ccccc3)C(=O)CC[C@@H]2[C@H]2CC[C@]3(C)C(CO)CC4C[C@@]43[C@H]12. The smallest absolute Gasteiger partial charge is 0.159 e. The lowest BCUT2D eigenvalue weighted by Crippen LogP contribution is -2.52. The van der Waals surface area contributed by atoms with Crippen LogP contribution in [-0.4, -0.2) is 23.2 Å². The summed E-state index contributed by atoms with van der Waals surface area (Å²) in [6, 6.07) is 10.6. The Bertz CT molecular complexity index is 922. The summed E-state index contributed by atoms with van der Waals surface area (Å²) < 4.78 is 0. The summed E-state index contributed by atoms with van der Waals surface area (Å²) in [5.74, 6) is 5.51. The van der Waals surface area contributed by atoms with Crippen LogP contribution in [0.25, 0.3) is 0 Å².